The molecule has 0 fully saturated rings. The van der Waals surface area contributed by atoms with Gasteiger partial charge in [0.15, 0.2) is 5.78 Å². The Morgan fingerprint density at radius 2 is 0.743 bits per heavy atom. The second kappa shape index (κ2) is 14.1. The third kappa shape index (κ3) is 6.79. The van der Waals surface area contributed by atoms with Crippen LogP contribution in [0.2, 0.25) is 0 Å². The van der Waals surface area contributed by atoms with E-state index < -0.39 is 0 Å². The lowest BCUT2D eigenvalue weighted by Gasteiger charge is -2.32. The summed E-state index contributed by atoms with van der Waals surface area (Å²) in [5.41, 5.74) is 3.44. The van der Waals surface area contributed by atoms with E-state index in [1.165, 1.54) is 11.1 Å². The van der Waals surface area contributed by atoms with Crippen molar-refractivity contribution in [3.8, 4) is 0 Å². The molecule has 1 heteroatoms. The van der Waals surface area contributed by atoms with Crippen molar-refractivity contribution in [1.82, 2.24) is 0 Å². The Morgan fingerprint density at radius 1 is 0.514 bits per heavy atom. The molecule has 0 saturated heterocycles. The van der Waals surface area contributed by atoms with E-state index >= 15 is 0 Å². The molecule has 2 rings (SSSR count). The molecule has 0 aliphatic rings. The number of hydrogen-bond acceptors (Lipinski definition) is 1. The first-order valence-corrected chi connectivity index (χ1v) is 11.9. The van der Waals surface area contributed by atoms with E-state index in [-0.39, 0.29) is 24.0 Å². The van der Waals surface area contributed by atoms with Crippen LogP contribution >= 0.6 is 0 Å². The van der Waals surface area contributed by atoms with Crippen LogP contribution in [0.15, 0.2) is 124 Å². The Hall–Kier alpha value is -3.45. The number of carbonyl (C=O) groups excluding carboxylic acids is 1. The van der Waals surface area contributed by atoms with E-state index in [2.05, 4.69) is 63.7 Å². The van der Waals surface area contributed by atoms with E-state index in [1.54, 1.807) is 0 Å². The van der Waals surface area contributed by atoms with Crippen molar-refractivity contribution in [2.24, 2.45) is 0 Å². The molecule has 0 saturated carbocycles. The van der Waals surface area contributed by atoms with Crippen molar-refractivity contribution < 1.29 is 4.79 Å². The number of allylic oxidation sites excluding steroid dienone is 6. The largest absolute Gasteiger partial charge is 0.289 e. The zero-order valence-corrected chi connectivity index (χ0v) is 20.5. The Bertz CT molecular complexity index is 881. The van der Waals surface area contributed by atoms with Gasteiger partial charge < -0.3 is 0 Å². The van der Waals surface area contributed by atoms with E-state index in [9.17, 15) is 4.79 Å². The zero-order valence-electron chi connectivity index (χ0n) is 20.5. The van der Waals surface area contributed by atoms with E-state index in [4.69, 9.17) is 0 Å². The van der Waals surface area contributed by atoms with Gasteiger partial charge in [-0.3, -0.25) is 4.79 Å². The monoisotopic (exact) mass is 466 g/mol. The molecule has 0 spiro atoms. The van der Waals surface area contributed by atoms with Gasteiger partial charge in [0, 0.05) is 22.0 Å². The molecule has 0 bridgehead atoms. The molecular weight excluding hydrogens is 424 g/mol. The normalized spacial score (nSPS) is 11.0. The number of ketones is 1. The van der Waals surface area contributed by atoms with Crippen LogP contribution in [0.25, 0.3) is 0 Å². The van der Waals surface area contributed by atoms with E-state index in [0.29, 0.717) is 11.1 Å². The minimum Gasteiger partial charge on any atom is -0.289 e. The topological polar surface area (TPSA) is 17.1 Å². The maximum Gasteiger partial charge on any atom is 0.193 e. The van der Waals surface area contributed by atoms with Gasteiger partial charge in [0.1, 0.15) is 0 Å². The van der Waals surface area contributed by atoms with Crippen LogP contribution in [0.5, 0.6) is 0 Å². The summed E-state index contributed by atoms with van der Waals surface area (Å²) < 4.78 is 0. The number of benzene rings is 2. The smallest absolute Gasteiger partial charge is 0.193 e. The van der Waals surface area contributed by atoms with Crippen LogP contribution in [0.3, 0.4) is 0 Å². The number of hydrogen-bond donors (Lipinski definition) is 0. The van der Waals surface area contributed by atoms with Crippen LogP contribution in [-0.4, -0.2) is 5.78 Å². The summed E-state index contributed by atoms with van der Waals surface area (Å²) in [5, 5.41) is 0. The third-order valence-electron chi connectivity index (χ3n) is 6.73. The minimum absolute atomic E-state index is 0. The lowest BCUT2D eigenvalue weighted by molar-refractivity contribution is 0.103. The molecule has 0 radical (unpaired) electrons. The molecule has 0 aliphatic heterocycles. The first-order valence-electron chi connectivity index (χ1n) is 11.9. The molecule has 0 aliphatic carbocycles. The molecule has 0 N–H and O–H groups in total. The quantitative estimate of drug-likeness (QED) is 0.178. The van der Waals surface area contributed by atoms with Crippen molar-refractivity contribution in [2.75, 3.05) is 0 Å². The highest BCUT2D eigenvalue weighted by Crippen LogP contribution is 2.38. The average molecular weight is 467 g/mol. The fourth-order valence-corrected chi connectivity index (χ4v) is 4.98. The standard InChI is InChI=1S/C33H38O.CH4/c1-7-21-32(22-8-2,23-9-3)29-17-13-27(14-18-29)31(34)28-15-19-30(20-16-28)33(24-10-4,25-11-5)26-12-6;/h7-20H,1-6,21-26H2;1H4. The van der Waals surface area contributed by atoms with E-state index in [0.717, 1.165) is 38.5 Å². The Morgan fingerprint density at radius 3 is 0.943 bits per heavy atom. The predicted molar refractivity (Wildman–Crippen MR) is 155 cm³/mol. The summed E-state index contributed by atoms with van der Waals surface area (Å²) in [6.45, 7) is 23.6. The summed E-state index contributed by atoms with van der Waals surface area (Å²) >= 11 is 0. The Kier molecular flexibility index (Phi) is 11.9. The fraction of sp³-hybridized carbons (Fsp3) is 0.265. The Balaban J connectivity index is 0.00000612. The van der Waals surface area contributed by atoms with Gasteiger partial charge in [0.25, 0.3) is 0 Å². The number of rotatable bonds is 16. The molecule has 2 aromatic rings. The Labute approximate surface area is 214 Å². The highest BCUT2D eigenvalue weighted by molar-refractivity contribution is 6.09. The van der Waals surface area contributed by atoms with Crippen LogP contribution < -0.4 is 0 Å². The van der Waals surface area contributed by atoms with Gasteiger partial charge in [-0.2, -0.15) is 0 Å². The fourth-order valence-electron chi connectivity index (χ4n) is 4.98. The molecule has 0 unspecified atom stereocenters. The lowest BCUT2D eigenvalue weighted by Crippen LogP contribution is -2.24. The number of carbonyl (C=O) groups is 1. The molecular formula is C34H42O. The SMILES string of the molecule is C.C=CCC(CC=C)(CC=C)c1ccc(C(=O)c2ccc(C(CC=C)(CC=C)CC=C)cc2)cc1. The highest BCUT2D eigenvalue weighted by atomic mass is 16.1. The van der Waals surface area contributed by atoms with Crippen LogP contribution in [0, 0.1) is 0 Å². The molecule has 0 atom stereocenters. The molecule has 184 valence electrons. The van der Waals surface area contributed by atoms with Crippen molar-refractivity contribution in [1.29, 1.82) is 0 Å². The molecule has 2 aromatic carbocycles. The van der Waals surface area contributed by atoms with Crippen molar-refractivity contribution >= 4 is 5.78 Å². The maximum absolute atomic E-state index is 13.2. The highest BCUT2D eigenvalue weighted by Gasteiger charge is 2.30. The molecule has 35 heavy (non-hydrogen) atoms. The second-order valence-corrected chi connectivity index (χ2v) is 9.00. The average Bonchev–Trinajstić information content (AvgIpc) is 2.84. The zero-order chi connectivity index (χ0) is 25.0. The maximum atomic E-state index is 13.2. The molecule has 1 nitrogen and oxygen atoms in total. The summed E-state index contributed by atoms with van der Waals surface area (Å²) in [5.74, 6) is 0.0154. The summed E-state index contributed by atoms with van der Waals surface area (Å²) in [4.78, 5) is 13.2. The molecule has 0 heterocycles. The summed E-state index contributed by atoms with van der Waals surface area (Å²) in [7, 11) is 0. The van der Waals surface area contributed by atoms with Crippen molar-refractivity contribution in [3.05, 3.63) is 147 Å². The van der Waals surface area contributed by atoms with Crippen molar-refractivity contribution in [3.63, 3.8) is 0 Å². The minimum atomic E-state index is -0.126. The van der Waals surface area contributed by atoms with Gasteiger partial charge in [-0.25, -0.2) is 0 Å². The van der Waals surface area contributed by atoms with Crippen LogP contribution in [-0.2, 0) is 10.8 Å². The summed E-state index contributed by atoms with van der Waals surface area (Å²) in [6.07, 6.45) is 16.6. The summed E-state index contributed by atoms with van der Waals surface area (Å²) in [6, 6.07) is 15.9. The molecule has 0 aromatic heterocycles. The first-order chi connectivity index (χ1) is 16.5. The predicted octanol–water partition coefficient (Wildman–Crippen LogP) is 9.49. The van der Waals surface area contributed by atoms with Gasteiger partial charge in [0.2, 0.25) is 0 Å². The molecule has 0 amide bonds. The van der Waals surface area contributed by atoms with Crippen LogP contribution in [0.4, 0.5) is 0 Å². The van der Waals surface area contributed by atoms with Crippen LogP contribution in [0.1, 0.15) is 73.0 Å². The first kappa shape index (κ1) is 29.6. The van der Waals surface area contributed by atoms with Crippen molar-refractivity contribution in [2.45, 2.75) is 56.8 Å². The van der Waals surface area contributed by atoms with Gasteiger partial charge in [-0.05, 0) is 49.7 Å². The van der Waals surface area contributed by atoms with Gasteiger partial charge in [-0.15, -0.1) is 39.5 Å². The van der Waals surface area contributed by atoms with Gasteiger partial charge >= 0.3 is 0 Å². The third-order valence-corrected chi connectivity index (χ3v) is 6.73. The lowest BCUT2D eigenvalue weighted by atomic mass is 9.72. The van der Waals surface area contributed by atoms with Gasteiger partial charge in [0.05, 0.1) is 0 Å². The van der Waals surface area contributed by atoms with Gasteiger partial charge in [-0.1, -0.05) is 92.4 Å². The second-order valence-electron chi connectivity index (χ2n) is 9.00. The van der Waals surface area contributed by atoms with E-state index in [1.807, 2.05) is 60.7 Å².